The molecule has 1 aliphatic rings. The molecule has 1 saturated carbocycles. The third kappa shape index (κ3) is 5.04. The third-order valence-corrected chi connectivity index (χ3v) is 2.96. The van der Waals surface area contributed by atoms with Crippen LogP contribution in [0.5, 0.6) is 0 Å². The SMILES string of the molecule is CCN(C)CCNC(=O)NC(C(=O)O)C1CC1. The lowest BCUT2D eigenvalue weighted by atomic mass is 10.2. The van der Waals surface area contributed by atoms with E-state index in [9.17, 15) is 9.59 Å². The van der Waals surface area contributed by atoms with E-state index in [1.807, 2.05) is 14.0 Å². The summed E-state index contributed by atoms with van der Waals surface area (Å²) in [6.07, 6.45) is 1.77. The summed E-state index contributed by atoms with van der Waals surface area (Å²) < 4.78 is 0. The van der Waals surface area contributed by atoms with Crippen molar-refractivity contribution < 1.29 is 14.7 Å². The fourth-order valence-corrected chi connectivity index (χ4v) is 1.52. The Bertz CT molecular complexity index is 279. The lowest BCUT2D eigenvalue weighted by molar-refractivity contribution is -0.139. The lowest BCUT2D eigenvalue weighted by Crippen LogP contribution is -2.48. The van der Waals surface area contributed by atoms with Gasteiger partial charge in [-0.05, 0) is 32.4 Å². The van der Waals surface area contributed by atoms with Crippen LogP contribution in [0, 0.1) is 5.92 Å². The van der Waals surface area contributed by atoms with Crippen LogP contribution in [0.1, 0.15) is 19.8 Å². The second-order valence-corrected chi connectivity index (χ2v) is 4.45. The second-order valence-electron chi connectivity index (χ2n) is 4.45. The molecule has 0 saturated heterocycles. The number of urea groups is 1. The number of carbonyl (C=O) groups excluding carboxylic acids is 1. The van der Waals surface area contributed by atoms with Gasteiger partial charge in [-0.25, -0.2) is 9.59 Å². The maximum Gasteiger partial charge on any atom is 0.326 e. The topological polar surface area (TPSA) is 81.7 Å². The zero-order chi connectivity index (χ0) is 12.8. The Morgan fingerprint density at radius 3 is 2.59 bits per heavy atom. The standard InChI is InChI=1S/C11H21N3O3/c1-3-14(2)7-6-12-11(17)13-9(10(15)16)8-4-5-8/h8-9H,3-7H2,1-2H3,(H,15,16)(H2,12,13,17). The molecular formula is C11H21N3O3. The summed E-state index contributed by atoms with van der Waals surface area (Å²) in [4.78, 5) is 24.4. The Morgan fingerprint density at radius 2 is 2.12 bits per heavy atom. The van der Waals surface area contributed by atoms with Gasteiger partial charge >= 0.3 is 12.0 Å². The third-order valence-electron chi connectivity index (χ3n) is 2.96. The summed E-state index contributed by atoms with van der Waals surface area (Å²) in [5, 5.41) is 14.1. The molecule has 0 aromatic carbocycles. The van der Waals surface area contributed by atoms with Gasteiger partial charge in [0.05, 0.1) is 0 Å². The van der Waals surface area contributed by atoms with Gasteiger partial charge in [-0.3, -0.25) is 0 Å². The number of amides is 2. The van der Waals surface area contributed by atoms with E-state index >= 15 is 0 Å². The van der Waals surface area contributed by atoms with Gasteiger partial charge in [0.1, 0.15) is 6.04 Å². The van der Waals surface area contributed by atoms with Crippen molar-refractivity contribution in [2.24, 2.45) is 5.92 Å². The van der Waals surface area contributed by atoms with E-state index in [2.05, 4.69) is 15.5 Å². The highest BCUT2D eigenvalue weighted by Gasteiger charge is 2.37. The monoisotopic (exact) mass is 243 g/mol. The van der Waals surface area contributed by atoms with Crippen LogP contribution in [0.4, 0.5) is 4.79 Å². The lowest BCUT2D eigenvalue weighted by Gasteiger charge is -2.16. The minimum absolute atomic E-state index is 0.108. The fraction of sp³-hybridized carbons (Fsp3) is 0.818. The number of nitrogens with zero attached hydrogens (tertiary/aromatic N) is 1. The van der Waals surface area contributed by atoms with Crippen LogP contribution in [-0.4, -0.2) is 54.7 Å². The van der Waals surface area contributed by atoms with Crippen molar-refractivity contribution in [3.05, 3.63) is 0 Å². The summed E-state index contributed by atoms with van der Waals surface area (Å²) in [6.45, 7) is 4.23. The quantitative estimate of drug-likeness (QED) is 0.592. The van der Waals surface area contributed by atoms with E-state index < -0.39 is 18.0 Å². The van der Waals surface area contributed by atoms with Crippen molar-refractivity contribution in [1.29, 1.82) is 0 Å². The van der Waals surface area contributed by atoms with E-state index in [1.54, 1.807) is 0 Å². The Hall–Kier alpha value is -1.30. The Labute approximate surface area is 101 Å². The van der Waals surface area contributed by atoms with Gasteiger partial charge in [-0.15, -0.1) is 0 Å². The predicted molar refractivity (Wildman–Crippen MR) is 63.9 cm³/mol. The number of rotatable bonds is 7. The van der Waals surface area contributed by atoms with Crippen molar-refractivity contribution in [2.75, 3.05) is 26.7 Å². The van der Waals surface area contributed by atoms with Gasteiger partial charge < -0.3 is 20.6 Å². The normalized spacial score (nSPS) is 16.6. The molecule has 1 atom stereocenters. The highest BCUT2D eigenvalue weighted by Crippen LogP contribution is 2.32. The van der Waals surface area contributed by atoms with Crippen LogP contribution >= 0.6 is 0 Å². The van der Waals surface area contributed by atoms with Gasteiger partial charge in [0.2, 0.25) is 0 Å². The highest BCUT2D eigenvalue weighted by atomic mass is 16.4. The first-order valence-electron chi connectivity index (χ1n) is 6.00. The van der Waals surface area contributed by atoms with Crippen molar-refractivity contribution in [1.82, 2.24) is 15.5 Å². The average molecular weight is 243 g/mol. The minimum Gasteiger partial charge on any atom is -0.480 e. The van der Waals surface area contributed by atoms with Crippen LogP contribution in [0.15, 0.2) is 0 Å². The smallest absolute Gasteiger partial charge is 0.326 e. The molecule has 1 fully saturated rings. The molecule has 0 heterocycles. The molecule has 6 heteroatoms. The first-order valence-corrected chi connectivity index (χ1v) is 6.00. The molecule has 98 valence electrons. The summed E-state index contributed by atoms with van der Waals surface area (Å²) >= 11 is 0. The number of hydrogen-bond donors (Lipinski definition) is 3. The first-order chi connectivity index (χ1) is 8.04. The summed E-state index contributed by atoms with van der Waals surface area (Å²) in [5.41, 5.74) is 0. The van der Waals surface area contributed by atoms with Crippen molar-refractivity contribution >= 4 is 12.0 Å². The molecule has 0 spiro atoms. The minimum atomic E-state index is -0.951. The number of likely N-dealkylation sites (N-methyl/N-ethyl adjacent to an activating group) is 1. The summed E-state index contributed by atoms with van der Waals surface area (Å²) in [6, 6.07) is -1.13. The zero-order valence-corrected chi connectivity index (χ0v) is 10.4. The molecule has 6 nitrogen and oxygen atoms in total. The van der Waals surface area contributed by atoms with Gasteiger partial charge in [0.15, 0.2) is 0 Å². The molecule has 0 aliphatic heterocycles. The average Bonchev–Trinajstić information content (AvgIpc) is 3.09. The van der Waals surface area contributed by atoms with E-state index in [-0.39, 0.29) is 5.92 Å². The van der Waals surface area contributed by atoms with Crippen LogP contribution < -0.4 is 10.6 Å². The van der Waals surface area contributed by atoms with Gasteiger partial charge in [0, 0.05) is 13.1 Å². The molecule has 1 aliphatic carbocycles. The van der Waals surface area contributed by atoms with Crippen molar-refractivity contribution in [2.45, 2.75) is 25.8 Å². The molecule has 2 amide bonds. The van der Waals surface area contributed by atoms with Crippen LogP contribution in [-0.2, 0) is 4.79 Å². The Kier molecular flexibility index (Phi) is 5.21. The van der Waals surface area contributed by atoms with Crippen LogP contribution in [0.2, 0.25) is 0 Å². The molecule has 0 bridgehead atoms. The van der Waals surface area contributed by atoms with Gasteiger partial charge in [-0.2, -0.15) is 0 Å². The van der Waals surface area contributed by atoms with Gasteiger partial charge in [-0.1, -0.05) is 6.92 Å². The zero-order valence-electron chi connectivity index (χ0n) is 10.4. The number of aliphatic carboxylic acids is 1. The maximum absolute atomic E-state index is 11.5. The summed E-state index contributed by atoms with van der Waals surface area (Å²) in [5.74, 6) is -0.843. The molecule has 0 aromatic rings. The highest BCUT2D eigenvalue weighted by molar-refractivity contribution is 5.83. The van der Waals surface area contributed by atoms with Gasteiger partial charge in [0.25, 0.3) is 0 Å². The molecule has 1 rings (SSSR count). The van der Waals surface area contributed by atoms with Crippen molar-refractivity contribution in [3.8, 4) is 0 Å². The van der Waals surface area contributed by atoms with E-state index in [1.165, 1.54) is 0 Å². The van der Waals surface area contributed by atoms with E-state index in [0.717, 1.165) is 25.9 Å². The molecular weight excluding hydrogens is 222 g/mol. The largest absolute Gasteiger partial charge is 0.480 e. The molecule has 1 unspecified atom stereocenters. The van der Waals surface area contributed by atoms with E-state index in [0.29, 0.717) is 6.54 Å². The molecule has 0 radical (unpaired) electrons. The van der Waals surface area contributed by atoms with Crippen molar-refractivity contribution in [3.63, 3.8) is 0 Å². The number of carboxylic acids is 1. The second kappa shape index (κ2) is 6.44. The fourth-order valence-electron chi connectivity index (χ4n) is 1.52. The van der Waals surface area contributed by atoms with E-state index in [4.69, 9.17) is 5.11 Å². The van der Waals surface area contributed by atoms with Crippen LogP contribution in [0.3, 0.4) is 0 Å². The first kappa shape index (κ1) is 13.8. The molecule has 0 aromatic heterocycles. The number of nitrogens with one attached hydrogen (secondary N) is 2. The number of carbonyl (C=O) groups is 2. The predicted octanol–water partition coefficient (Wildman–Crippen LogP) is 0.101. The summed E-state index contributed by atoms with van der Waals surface area (Å²) in [7, 11) is 1.96. The molecule has 17 heavy (non-hydrogen) atoms. The maximum atomic E-state index is 11.5. The number of hydrogen-bond acceptors (Lipinski definition) is 3. The molecule has 3 N–H and O–H groups in total. The van der Waals surface area contributed by atoms with Crippen LogP contribution in [0.25, 0.3) is 0 Å². The number of carboxylic acid groups (broad SMARTS) is 1. The Balaban J connectivity index is 2.21. The Morgan fingerprint density at radius 1 is 1.47 bits per heavy atom.